The standard InChI is InChI=1S/C47H80NO7P/c1-3-5-7-9-11-13-15-17-19-21-22-23-24-25-26-28-30-32-34-36-38-40-47(49)55-46(45-54-56(50,51)53-43-41-48)44-52-42-39-37-35-33-31-29-27-20-18-16-14-12-10-8-6-4-2/h5-8,11-14,17-20,22-23,25-26,46H,3-4,9-10,15-16,21,24,27-45,48H2,1-2H3,(H,50,51)/b7-5-,8-6-,13-11-,14-12-,19-17-,20-18-,23-22-,26-25-. The Kier molecular flexibility index (Phi) is 41.5. The number of rotatable bonds is 40. The van der Waals surface area contributed by atoms with Gasteiger partial charge in [0.05, 0.1) is 19.8 Å². The number of phosphoric ester groups is 1. The molecule has 0 aromatic rings. The van der Waals surface area contributed by atoms with Gasteiger partial charge < -0.3 is 20.1 Å². The minimum Gasteiger partial charge on any atom is -0.457 e. The van der Waals surface area contributed by atoms with Crippen molar-refractivity contribution in [3.63, 3.8) is 0 Å². The number of allylic oxidation sites excluding steroid dienone is 16. The highest BCUT2D eigenvalue weighted by Crippen LogP contribution is 2.43. The van der Waals surface area contributed by atoms with Crippen LogP contribution in [0.4, 0.5) is 0 Å². The van der Waals surface area contributed by atoms with E-state index in [9.17, 15) is 14.3 Å². The quantitative estimate of drug-likeness (QED) is 0.0272. The SMILES string of the molecule is CC/C=C\C/C=C\C/C=C\C/C=C\C/C=C\CCCCCCCC(=O)OC(COCCCCCCCC/C=C\C/C=C\C/C=C\CC)COP(=O)(O)OCCN. The Morgan fingerprint density at radius 2 is 0.946 bits per heavy atom. The molecular weight excluding hydrogens is 721 g/mol. The summed E-state index contributed by atoms with van der Waals surface area (Å²) in [6, 6.07) is 0. The van der Waals surface area contributed by atoms with E-state index in [1.54, 1.807) is 0 Å². The van der Waals surface area contributed by atoms with Crippen molar-refractivity contribution in [2.75, 3.05) is 33.0 Å². The Morgan fingerprint density at radius 3 is 1.41 bits per heavy atom. The fraction of sp³-hybridized carbons (Fsp3) is 0.638. The number of unbranched alkanes of at least 4 members (excludes halogenated alkanes) is 11. The molecule has 0 aromatic heterocycles. The molecule has 0 heterocycles. The zero-order valence-corrected chi connectivity index (χ0v) is 36.2. The second kappa shape index (κ2) is 43.5. The molecule has 0 saturated heterocycles. The van der Waals surface area contributed by atoms with Crippen molar-refractivity contribution in [2.24, 2.45) is 5.73 Å². The Labute approximate surface area is 342 Å². The molecule has 0 aliphatic rings. The first kappa shape index (κ1) is 53.4. The van der Waals surface area contributed by atoms with E-state index in [2.05, 4.69) is 111 Å². The maximum Gasteiger partial charge on any atom is 0.472 e. The first-order valence-electron chi connectivity index (χ1n) is 21.7. The number of nitrogens with two attached hydrogens (primary N) is 1. The highest BCUT2D eigenvalue weighted by Gasteiger charge is 2.25. The molecule has 0 spiro atoms. The molecular formula is C47H80NO7P. The molecule has 56 heavy (non-hydrogen) atoms. The van der Waals surface area contributed by atoms with Gasteiger partial charge in [-0.1, -0.05) is 156 Å². The number of carbonyl (C=O) groups excluding carboxylic acids is 1. The molecule has 0 amide bonds. The molecule has 0 aliphatic carbocycles. The fourth-order valence-electron chi connectivity index (χ4n) is 5.39. The molecule has 0 saturated carbocycles. The smallest absolute Gasteiger partial charge is 0.457 e. The van der Waals surface area contributed by atoms with Crippen molar-refractivity contribution >= 4 is 13.8 Å². The van der Waals surface area contributed by atoms with E-state index in [1.165, 1.54) is 19.3 Å². The van der Waals surface area contributed by atoms with Crippen LogP contribution < -0.4 is 5.73 Å². The van der Waals surface area contributed by atoms with Crippen LogP contribution in [0.25, 0.3) is 0 Å². The Balaban J connectivity index is 4.12. The minimum absolute atomic E-state index is 0.0886. The van der Waals surface area contributed by atoms with Crippen LogP contribution in [0.3, 0.4) is 0 Å². The van der Waals surface area contributed by atoms with E-state index in [1.807, 2.05) is 0 Å². The molecule has 3 N–H and O–H groups in total. The Morgan fingerprint density at radius 1 is 0.536 bits per heavy atom. The van der Waals surface area contributed by atoms with Gasteiger partial charge in [-0.25, -0.2) is 4.57 Å². The van der Waals surface area contributed by atoms with E-state index in [0.29, 0.717) is 6.61 Å². The molecule has 0 aromatic carbocycles. The van der Waals surface area contributed by atoms with Crippen LogP contribution in [0.5, 0.6) is 0 Å². The Bertz CT molecular complexity index is 1170. The second-order valence-corrected chi connectivity index (χ2v) is 15.2. The van der Waals surface area contributed by atoms with Crippen LogP contribution in [-0.4, -0.2) is 49.9 Å². The van der Waals surface area contributed by atoms with Crippen molar-refractivity contribution in [1.29, 1.82) is 0 Å². The van der Waals surface area contributed by atoms with Crippen molar-refractivity contribution in [1.82, 2.24) is 0 Å². The van der Waals surface area contributed by atoms with Crippen LogP contribution in [-0.2, 0) is 27.9 Å². The highest BCUT2D eigenvalue weighted by atomic mass is 31.2. The van der Waals surface area contributed by atoms with Gasteiger partial charge in [0, 0.05) is 19.6 Å². The molecule has 0 radical (unpaired) electrons. The maximum atomic E-state index is 12.6. The predicted octanol–water partition coefficient (Wildman–Crippen LogP) is 13.1. The van der Waals surface area contributed by atoms with Crippen LogP contribution in [0.1, 0.15) is 155 Å². The molecule has 8 nitrogen and oxygen atoms in total. The summed E-state index contributed by atoms with van der Waals surface area (Å²) in [5.41, 5.74) is 5.37. The molecule has 2 atom stereocenters. The van der Waals surface area contributed by atoms with Crippen LogP contribution in [0.2, 0.25) is 0 Å². The highest BCUT2D eigenvalue weighted by molar-refractivity contribution is 7.47. The number of esters is 1. The minimum atomic E-state index is -4.29. The second-order valence-electron chi connectivity index (χ2n) is 13.8. The third kappa shape index (κ3) is 42.6. The lowest BCUT2D eigenvalue weighted by molar-refractivity contribution is -0.154. The van der Waals surface area contributed by atoms with Gasteiger partial charge in [-0.15, -0.1) is 0 Å². The van der Waals surface area contributed by atoms with Crippen LogP contribution >= 0.6 is 7.82 Å². The van der Waals surface area contributed by atoms with Gasteiger partial charge in [0.25, 0.3) is 0 Å². The number of ether oxygens (including phenoxy) is 2. The summed E-state index contributed by atoms with van der Waals surface area (Å²) in [5, 5.41) is 0. The maximum absolute atomic E-state index is 12.6. The first-order valence-corrected chi connectivity index (χ1v) is 23.2. The monoisotopic (exact) mass is 802 g/mol. The van der Waals surface area contributed by atoms with Crippen molar-refractivity contribution in [2.45, 2.75) is 161 Å². The topological polar surface area (TPSA) is 117 Å². The normalized spacial score (nSPS) is 14.4. The lowest BCUT2D eigenvalue weighted by atomic mass is 10.1. The van der Waals surface area contributed by atoms with Gasteiger partial charge in [0.2, 0.25) is 0 Å². The summed E-state index contributed by atoms with van der Waals surface area (Å²) in [5.74, 6) is -0.359. The summed E-state index contributed by atoms with van der Waals surface area (Å²) in [6.07, 6.45) is 57.1. The third-order valence-corrected chi connectivity index (χ3v) is 9.48. The van der Waals surface area contributed by atoms with Crippen molar-refractivity contribution < 1.29 is 32.8 Å². The Hall–Kier alpha value is -2.58. The summed E-state index contributed by atoms with van der Waals surface area (Å²) >= 11 is 0. The number of phosphoric acid groups is 1. The first-order chi connectivity index (χ1) is 27.4. The molecule has 2 unspecified atom stereocenters. The zero-order chi connectivity index (χ0) is 40.9. The summed E-state index contributed by atoms with van der Waals surface area (Å²) in [6.45, 7) is 4.61. The molecule has 0 fully saturated rings. The fourth-order valence-corrected chi connectivity index (χ4v) is 6.15. The van der Waals surface area contributed by atoms with E-state index in [0.717, 1.165) is 116 Å². The lowest BCUT2D eigenvalue weighted by Crippen LogP contribution is -2.28. The average Bonchev–Trinajstić information content (AvgIpc) is 3.19. The van der Waals surface area contributed by atoms with Gasteiger partial charge >= 0.3 is 13.8 Å². The van der Waals surface area contributed by atoms with Gasteiger partial charge in [0.15, 0.2) is 0 Å². The summed E-state index contributed by atoms with van der Waals surface area (Å²) in [4.78, 5) is 22.5. The van der Waals surface area contributed by atoms with Crippen molar-refractivity contribution in [3.05, 3.63) is 97.2 Å². The summed E-state index contributed by atoms with van der Waals surface area (Å²) < 4.78 is 33.4. The number of hydrogen-bond acceptors (Lipinski definition) is 7. The van der Waals surface area contributed by atoms with E-state index < -0.39 is 13.9 Å². The van der Waals surface area contributed by atoms with Crippen molar-refractivity contribution in [3.8, 4) is 0 Å². The largest absolute Gasteiger partial charge is 0.472 e. The van der Waals surface area contributed by atoms with Gasteiger partial charge in [-0.05, 0) is 89.9 Å². The number of hydrogen-bond donors (Lipinski definition) is 2. The molecule has 9 heteroatoms. The molecule has 0 rings (SSSR count). The van der Waals surface area contributed by atoms with Crippen LogP contribution in [0.15, 0.2) is 97.2 Å². The molecule has 0 aliphatic heterocycles. The number of carbonyl (C=O) groups is 1. The zero-order valence-electron chi connectivity index (χ0n) is 35.3. The molecule has 320 valence electrons. The van der Waals surface area contributed by atoms with Crippen LogP contribution in [0, 0.1) is 0 Å². The van der Waals surface area contributed by atoms with E-state index in [4.69, 9.17) is 24.3 Å². The van der Waals surface area contributed by atoms with E-state index >= 15 is 0 Å². The van der Waals surface area contributed by atoms with Gasteiger partial charge in [0.1, 0.15) is 6.10 Å². The van der Waals surface area contributed by atoms with Gasteiger partial charge in [-0.3, -0.25) is 13.8 Å². The third-order valence-electron chi connectivity index (χ3n) is 8.50. The summed E-state index contributed by atoms with van der Waals surface area (Å²) in [7, 11) is -4.29. The van der Waals surface area contributed by atoms with Gasteiger partial charge in [-0.2, -0.15) is 0 Å². The molecule has 0 bridgehead atoms. The lowest BCUT2D eigenvalue weighted by Gasteiger charge is -2.20. The van der Waals surface area contributed by atoms with E-state index in [-0.39, 0.29) is 38.8 Å². The average molecular weight is 802 g/mol. The predicted molar refractivity (Wildman–Crippen MR) is 238 cm³/mol.